The van der Waals surface area contributed by atoms with Crippen LogP contribution >= 0.6 is 15.9 Å². The molecule has 6 heteroatoms. The number of aromatic nitrogens is 2. The van der Waals surface area contributed by atoms with Crippen LogP contribution in [-0.4, -0.2) is 40.8 Å². The minimum absolute atomic E-state index is 0.0690. The van der Waals surface area contributed by atoms with Gasteiger partial charge in [-0.3, -0.25) is 9.48 Å². The van der Waals surface area contributed by atoms with Crippen molar-refractivity contribution in [3.63, 3.8) is 0 Å². The second-order valence-corrected chi connectivity index (χ2v) is 4.77. The Labute approximate surface area is 116 Å². The van der Waals surface area contributed by atoms with Gasteiger partial charge in [-0.25, -0.2) is 0 Å². The molecular weight excluding hydrogens is 298 g/mol. The van der Waals surface area contributed by atoms with Gasteiger partial charge in [0.25, 0.3) is 5.91 Å². The molecule has 0 aliphatic heterocycles. The van der Waals surface area contributed by atoms with Crippen LogP contribution in [0, 0.1) is 0 Å². The summed E-state index contributed by atoms with van der Waals surface area (Å²) < 4.78 is 6.69. The van der Waals surface area contributed by atoms with Crippen molar-refractivity contribution in [2.45, 2.75) is 25.8 Å². The smallest absolute Gasteiger partial charge is 0.255 e. The van der Waals surface area contributed by atoms with Gasteiger partial charge in [-0.1, -0.05) is 22.9 Å². The van der Waals surface area contributed by atoms with E-state index in [0.29, 0.717) is 17.5 Å². The summed E-state index contributed by atoms with van der Waals surface area (Å²) in [6, 6.07) is 0.0716. The number of nitrogens with one attached hydrogen (secondary N) is 1. The molecule has 0 aromatic carbocycles. The number of hydrogen-bond donors (Lipinski definition) is 1. The quantitative estimate of drug-likeness (QED) is 0.776. The Morgan fingerprint density at radius 3 is 2.94 bits per heavy atom. The van der Waals surface area contributed by atoms with E-state index in [4.69, 9.17) is 4.74 Å². The summed E-state index contributed by atoms with van der Waals surface area (Å²) in [5.41, 5.74) is 1.48. The number of amides is 1. The van der Waals surface area contributed by atoms with Gasteiger partial charge in [0.2, 0.25) is 0 Å². The molecule has 102 valence electrons. The third kappa shape index (κ3) is 4.10. The molecule has 0 fully saturated rings. The molecule has 0 aliphatic carbocycles. The van der Waals surface area contributed by atoms with Gasteiger partial charge >= 0.3 is 0 Å². The number of carbonyl (C=O) groups excluding carboxylic acids is 1. The highest BCUT2D eigenvalue weighted by Crippen LogP contribution is 2.08. The molecule has 1 heterocycles. The molecule has 0 bridgehead atoms. The fourth-order valence-electron chi connectivity index (χ4n) is 1.70. The summed E-state index contributed by atoms with van der Waals surface area (Å²) in [4.78, 5) is 12.1. The van der Waals surface area contributed by atoms with Crippen molar-refractivity contribution in [1.82, 2.24) is 15.1 Å². The predicted octanol–water partition coefficient (Wildman–Crippen LogP) is 1.51. The van der Waals surface area contributed by atoms with Gasteiger partial charge in [-0.05, 0) is 12.8 Å². The van der Waals surface area contributed by atoms with Crippen molar-refractivity contribution in [2.75, 3.05) is 19.0 Å². The molecule has 1 aromatic heterocycles. The van der Waals surface area contributed by atoms with Crippen molar-refractivity contribution in [3.05, 3.63) is 17.5 Å². The van der Waals surface area contributed by atoms with Crippen LogP contribution in [0.4, 0.5) is 0 Å². The highest BCUT2D eigenvalue weighted by Gasteiger charge is 2.17. The van der Waals surface area contributed by atoms with E-state index in [1.165, 1.54) is 0 Å². The lowest BCUT2D eigenvalue weighted by molar-refractivity contribution is 0.0930. The fraction of sp³-hybridized carbons (Fsp3) is 0.667. The highest BCUT2D eigenvalue weighted by molar-refractivity contribution is 9.09. The second kappa shape index (κ2) is 7.53. The number of methoxy groups -OCH3 is 1. The summed E-state index contributed by atoms with van der Waals surface area (Å²) in [5.74, 6) is -0.0690. The largest absolute Gasteiger partial charge is 0.385 e. The van der Waals surface area contributed by atoms with Crippen LogP contribution in [0.2, 0.25) is 0 Å². The van der Waals surface area contributed by atoms with Crippen molar-refractivity contribution in [1.29, 1.82) is 0 Å². The van der Waals surface area contributed by atoms with Crippen LogP contribution in [0.3, 0.4) is 0 Å². The maximum absolute atomic E-state index is 12.1. The van der Waals surface area contributed by atoms with Gasteiger partial charge in [0, 0.05) is 38.3 Å². The van der Waals surface area contributed by atoms with Gasteiger partial charge in [-0.15, -0.1) is 0 Å². The molecule has 0 saturated heterocycles. The lowest BCUT2D eigenvalue weighted by Crippen LogP contribution is -2.37. The fourth-order valence-corrected chi connectivity index (χ4v) is 2.18. The Balaban J connectivity index is 2.68. The van der Waals surface area contributed by atoms with Crippen molar-refractivity contribution in [3.8, 4) is 0 Å². The Bertz CT molecular complexity index is 393. The molecule has 5 nitrogen and oxygen atoms in total. The van der Waals surface area contributed by atoms with E-state index in [1.54, 1.807) is 18.0 Å². The summed E-state index contributed by atoms with van der Waals surface area (Å²) in [6.07, 6.45) is 3.30. The zero-order valence-electron chi connectivity index (χ0n) is 11.1. The first kappa shape index (κ1) is 15.2. The van der Waals surface area contributed by atoms with Gasteiger partial charge in [0.05, 0.1) is 11.3 Å². The van der Waals surface area contributed by atoms with Gasteiger partial charge < -0.3 is 10.1 Å². The van der Waals surface area contributed by atoms with Crippen LogP contribution in [0.25, 0.3) is 0 Å². The molecule has 1 N–H and O–H groups in total. The predicted molar refractivity (Wildman–Crippen MR) is 74.1 cm³/mol. The van der Waals surface area contributed by atoms with Crippen molar-refractivity contribution < 1.29 is 9.53 Å². The molecule has 1 rings (SSSR count). The molecule has 0 aliphatic rings. The van der Waals surface area contributed by atoms with Crippen LogP contribution in [0.5, 0.6) is 0 Å². The maximum Gasteiger partial charge on any atom is 0.255 e. The monoisotopic (exact) mass is 317 g/mol. The first-order valence-corrected chi connectivity index (χ1v) is 7.12. The van der Waals surface area contributed by atoms with Crippen LogP contribution in [-0.2, 0) is 18.2 Å². The maximum atomic E-state index is 12.1. The lowest BCUT2D eigenvalue weighted by atomic mass is 10.1. The number of nitrogens with zero attached hydrogens (tertiary/aromatic N) is 2. The average molecular weight is 318 g/mol. The standard InChI is InChI=1S/C12H20BrN3O2/c1-4-11-10(8-16(2)15-11)12(17)14-9(7-13)5-6-18-3/h8-9H,4-7H2,1-3H3,(H,14,17). The minimum Gasteiger partial charge on any atom is -0.385 e. The Hall–Kier alpha value is -0.880. The molecule has 1 amide bonds. The minimum atomic E-state index is -0.0690. The summed E-state index contributed by atoms with van der Waals surface area (Å²) in [6.45, 7) is 2.62. The van der Waals surface area contributed by atoms with E-state index in [-0.39, 0.29) is 11.9 Å². The highest BCUT2D eigenvalue weighted by atomic mass is 79.9. The molecule has 1 aromatic rings. The van der Waals surface area contributed by atoms with Crippen molar-refractivity contribution >= 4 is 21.8 Å². The van der Waals surface area contributed by atoms with Crippen LogP contribution in [0.1, 0.15) is 29.4 Å². The second-order valence-electron chi connectivity index (χ2n) is 4.12. The zero-order valence-corrected chi connectivity index (χ0v) is 12.7. The zero-order chi connectivity index (χ0) is 13.5. The van der Waals surface area contributed by atoms with Gasteiger partial charge in [0.15, 0.2) is 0 Å². The van der Waals surface area contributed by atoms with Gasteiger partial charge in [0.1, 0.15) is 0 Å². The molecule has 1 unspecified atom stereocenters. The summed E-state index contributed by atoms with van der Waals surface area (Å²) in [7, 11) is 3.48. The Morgan fingerprint density at radius 1 is 1.67 bits per heavy atom. The van der Waals surface area contributed by atoms with E-state index in [9.17, 15) is 4.79 Å². The molecule has 18 heavy (non-hydrogen) atoms. The number of hydrogen-bond acceptors (Lipinski definition) is 3. The van der Waals surface area contributed by atoms with Crippen LogP contribution in [0.15, 0.2) is 6.20 Å². The third-order valence-corrected chi connectivity index (χ3v) is 3.46. The van der Waals surface area contributed by atoms with Crippen molar-refractivity contribution in [2.24, 2.45) is 7.05 Å². The topological polar surface area (TPSA) is 56.2 Å². The van der Waals surface area contributed by atoms with Crippen LogP contribution < -0.4 is 5.32 Å². The third-order valence-electron chi connectivity index (χ3n) is 2.68. The van der Waals surface area contributed by atoms with Gasteiger partial charge in [-0.2, -0.15) is 5.10 Å². The number of aryl methyl sites for hydroxylation is 2. The first-order chi connectivity index (χ1) is 8.62. The van der Waals surface area contributed by atoms with E-state index in [2.05, 4.69) is 26.3 Å². The lowest BCUT2D eigenvalue weighted by Gasteiger charge is -2.15. The number of ether oxygens (including phenoxy) is 1. The summed E-state index contributed by atoms with van der Waals surface area (Å²) in [5, 5.41) is 7.96. The molecule has 1 atom stereocenters. The number of halogens is 1. The number of rotatable bonds is 7. The van der Waals surface area contributed by atoms with E-state index in [1.807, 2.05) is 14.0 Å². The van der Waals surface area contributed by atoms with E-state index >= 15 is 0 Å². The molecule has 0 radical (unpaired) electrons. The Morgan fingerprint density at radius 2 is 2.39 bits per heavy atom. The molecule has 0 spiro atoms. The number of carbonyl (C=O) groups is 1. The first-order valence-electron chi connectivity index (χ1n) is 6.00. The van der Waals surface area contributed by atoms with E-state index < -0.39 is 0 Å². The molecule has 0 saturated carbocycles. The normalized spacial score (nSPS) is 12.4. The number of alkyl halides is 1. The molecular formula is C12H20BrN3O2. The Kier molecular flexibility index (Phi) is 6.35. The summed E-state index contributed by atoms with van der Waals surface area (Å²) >= 11 is 3.40. The average Bonchev–Trinajstić information content (AvgIpc) is 2.75. The SMILES string of the molecule is CCc1nn(C)cc1C(=O)NC(CBr)CCOC. The van der Waals surface area contributed by atoms with E-state index in [0.717, 1.165) is 18.5 Å².